The summed E-state index contributed by atoms with van der Waals surface area (Å²) >= 11 is 0. The minimum Gasteiger partial charge on any atom is -0.508 e. The molecule has 188 valence electrons. The van der Waals surface area contributed by atoms with E-state index in [1.165, 1.54) is 30.3 Å². The Morgan fingerprint density at radius 2 is 1.83 bits per heavy atom. The third-order valence-electron chi connectivity index (χ3n) is 6.39. The molecule has 0 radical (unpaired) electrons. The zero-order valence-electron chi connectivity index (χ0n) is 20.0. The Bertz CT molecular complexity index is 1320. The zero-order chi connectivity index (χ0) is 26.1. The van der Waals surface area contributed by atoms with Crippen molar-refractivity contribution >= 4 is 17.6 Å². The molecule has 3 aromatic rings. The van der Waals surface area contributed by atoms with E-state index in [-0.39, 0.29) is 36.3 Å². The summed E-state index contributed by atoms with van der Waals surface area (Å²) in [6.45, 7) is 3.53. The number of esters is 1. The van der Waals surface area contributed by atoms with Gasteiger partial charge in [-0.3, -0.25) is 4.79 Å². The Morgan fingerprint density at radius 1 is 1.08 bits per heavy atom. The summed E-state index contributed by atoms with van der Waals surface area (Å²) in [6, 6.07) is 14.3. The number of fused-ring (bicyclic) bond motifs is 1. The number of carbonyl (C=O) groups excluding carboxylic acids is 2. The number of rotatable bonds is 8. The average Bonchev–Trinajstić information content (AvgIpc) is 3.16. The molecule has 6 nitrogen and oxygen atoms in total. The standard InChI is InChI=1S/C28H27F2NO5/c1-27(2,22-12-19(29)7-10-24(22)32)16-28(35,13-17-5-3-4-6-23(17)30)14-25(33)31-20-8-9-21-18(11-20)15-36-26(21)34/h3-12,32,35H,13-16H2,1-2H3,(H,31,33). The largest absolute Gasteiger partial charge is 0.508 e. The fourth-order valence-corrected chi connectivity index (χ4v) is 4.87. The number of hydrogen-bond donors (Lipinski definition) is 3. The number of hydrogen-bond acceptors (Lipinski definition) is 5. The first-order chi connectivity index (χ1) is 17.0. The average molecular weight is 496 g/mol. The molecule has 1 unspecified atom stereocenters. The van der Waals surface area contributed by atoms with Gasteiger partial charge in [-0.1, -0.05) is 32.0 Å². The van der Waals surface area contributed by atoms with Crippen LogP contribution in [0.2, 0.25) is 0 Å². The maximum atomic E-state index is 14.5. The van der Waals surface area contributed by atoms with Crippen molar-refractivity contribution in [3.05, 3.63) is 94.6 Å². The van der Waals surface area contributed by atoms with Crippen molar-refractivity contribution in [3.63, 3.8) is 0 Å². The van der Waals surface area contributed by atoms with E-state index in [9.17, 15) is 28.6 Å². The summed E-state index contributed by atoms with van der Waals surface area (Å²) in [4.78, 5) is 24.7. The highest BCUT2D eigenvalue weighted by molar-refractivity contribution is 5.96. The molecule has 3 aromatic carbocycles. The molecule has 1 aliphatic rings. The molecule has 1 heterocycles. The monoisotopic (exact) mass is 495 g/mol. The minimum absolute atomic E-state index is 0.0781. The first-order valence-electron chi connectivity index (χ1n) is 11.5. The van der Waals surface area contributed by atoms with Crippen LogP contribution in [0.5, 0.6) is 5.75 Å². The van der Waals surface area contributed by atoms with Gasteiger partial charge in [0, 0.05) is 23.2 Å². The predicted octanol–water partition coefficient (Wildman–Crippen LogP) is 5.01. The van der Waals surface area contributed by atoms with Gasteiger partial charge in [0.05, 0.1) is 17.6 Å². The SMILES string of the molecule is CC(C)(CC(O)(CC(=O)Nc1ccc2c(c1)COC2=O)Cc1ccccc1F)c1cc(F)ccc1O. The Kier molecular flexibility index (Phi) is 6.82. The molecular formula is C28H27F2NO5. The molecule has 0 aromatic heterocycles. The highest BCUT2D eigenvalue weighted by Crippen LogP contribution is 2.40. The van der Waals surface area contributed by atoms with E-state index in [0.717, 1.165) is 6.07 Å². The fraction of sp³-hybridized carbons (Fsp3) is 0.286. The molecule has 0 fully saturated rings. The molecule has 0 saturated heterocycles. The number of amides is 1. The zero-order valence-corrected chi connectivity index (χ0v) is 20.0. The Labute approximate surface area is 207 Å². The third-order valence-corrected chi connectivity index (χ3v) is 6.39. The van der Waals surface area contributed by atoms with Gasteiger partial charge in [-0.2, -0.15) is 0 Å². The van der Waals surface area contributed by atoms with Crippen LogP contribution in [0.3, 0.4) is 0 Å². The maximum Gasteiger partial charge on any atom is 0.338 e. The van der Waals surface area contributed by atoms with E-state index >= 15 is 0 Å². The summed E-state index contributed by atoms with van der Waals surface area (Å²) in [5.41, 5.74) is -0.740. The van der Waals surface area contributed by atoms with Crippen molar-refractivity contribution in [3.8, 4) is 5.75 Å². The lowest BCUT2D eigenvalue weighted by atomic mass is 9.72. The molecule has 1 aliphatic heterocycles. The van der Waals surface area contributed by atoms with Gasteiger partial charge in [-0.15, -0.1) is 0 Å². The molecule has 0 bridgehead atoms. The molecule has 0 saturated carbocycles. The quantitative estimate of drug-likeness (QED) is 0.382. The number of aliphatic hydroxyl groups is 1. The normalized spacial score (nSPS) is 14.6. The highest BCUT2D eigenvalue weighted by atomic mass is 19.1. The molecule has 1 amide bonds. The number of anilines is 1. The number of ether oxygens (including phenoxy) is 1. The van der Waals surface area contributed by atoms with Crippen LogP contribution in [0.15, 0.2) is 60.7 Å². The minimum atomic E-state index is -1.75. The van der Waals surface area contributed by atoms with E-state index in [4.69, 9.17) is 4.74 Å². The van der Waals surface area contributed by atoms with Gasteiger partial charge in [0.15, 0.2) is 0 Å². The Hall–Kier alpha value is -3.78. The second-order valence-electron chi connectivity index (χ2n) is 9.89. The van der Waals surface area contributed by atoms with E-state index in [2.05, 4.69) is 5.32 Å². The number of phenols is 1. The second-order valence-corrected chi connectivity index (χ2v) is 9.89. The number of aromatic hydroxyl groups is 1. The van der Waals surface area contributed by atoms with Gasteiger partial charge in [0.2, 0.25) is 5.91 Å². The lowest BCUT2D eigenvalue weighted by molar-refractivity contribution is -0.121. The summed E-state index contributed by atoms with van der Waals surface area (Å²) in [5.74, 6) is -2.17. The van der Waals surface area contributed by atoms with Crippen molar-refractivity contribution in [2.45, 2.75) is 50.7 Å². The van der Waals surface area contributed by atoms with E-state index < -0.39 is 40.9 Å². The highest BCUT2D eigenvalue weighted by Gasteiger charge is 2.39. The number of carbonyl (C=O) groups is 2. The summed E-state index contributed by atoms with van der Waals surface area (Å²) in [5, 5.41) is 24.8. The molecule has 4 rings (SSSR count). The molecule has 0 aliphatic carbocycles. The van der Waals surface area contributed by atoms with Crippen LogP contribution in [0.4, 0.5) is 14.5 Å². The first-order valence-corrected chi connectivity index (χ1v) is 11.5. The molecule has 36 heavy (non-hydrogen) atoms. The van der Waals surface area contributed by atoms with Crippen LogP contribution in [0.1, 0.15) is 53.7 Å². The smallest absolute Gasteiger partial charge is 0.338 e. The first kappa shape index (κ1) is 25.3. The topological polar surface area (TPSA) is 95.9 Å². The summed E-state index contributed by atoms with van der Waals surface area (Å²) < 4.78 is 33.4. The maximum absolute atomic E-state index is 14.5. The van der Waals surface area contributed by atoms with Gasteiger partial charge in [0.25, 0.3) is 0 Å². The predicted molar refractivity (Wildman–Crippen MR) is 130 cm³/mol. The molecular weight excluding hydrogens is 468 g/mol. The van der Waals surface area contributed by atoms with Gasteiger partial charge in [-0.05, 0) is 59.9 Å². The van der Waals surface area contributed by atoms with Crippen LogP contribution in [0.25, 0.3) is 0 Å². The number of benzene rings is 3. The van der Waals surface area contributed by atoms with Crippen molar-refractivity contribution in [2.75, 3.05) is 5.32 Å². The van der Waals surface area contributed by atoms with Crippen molar-refractivity contribution in [2.24, 2.45) is 0 Å². The van der Waals surface area contributed by atoms with Gasteiger partial charge in [0.1, 0.15) is 24.0 Å². The van der Waals surface area contributed by atoms with Crippen LogP contribution in [0, 0.1) is 11.6 Å². The van der Waals surface area contributed by atoms with Crippen molar-refractivity contribution in [1.82, 2.24) is 0 Å². The van der Waals surface area contributed by atoms with E-state index in [0.29, 0.717) is 16.8 Å². The molecule has 1 atom stereocenters. The Balaban J connectivity index is 1.60. The lowest BCUT2D eigenvalue weighted by Crippen LogP contribution is -2.42. The second kappa shape index (κ2) is 9.70. The van der Waals surface area contributed by atoms with Crippen LogP contribution < -0.4 is 5.32 Å². The number of nitrogens with one attached hydrogen (secondary N) is 1. The van der Waals surface area contributed by atoms with Gasteiger partial charge < -0.3 is 20.3 Å². The summed E-state index contributed by atoms with van der Waals surface area (Å²) in [7, 11) is 0. The van der Waals surface area contributed by atoms with Crippen molar-refractivity contribution < 1.29 is 33.3 Å². The van der Waals surface area contributed by atoms with E-state index in [1.54, 1.807) is 38.1 Å². The molecule has 8 heteroatoms. The third kappa shape index (κ3) is 5.54. The van der Waals surface area contributed by atoms with E-state index in [1.807, 2.05) is 0 Å². The molecule has 3 N–H and O–H groups in total. The fourth-order valence-electron chi connectivity index (χ4n) is 4.87. The summed E-state index contributed by atoms with van der Waals surface area (Å²) in [6.07, 6.45) is -0.655. The van der Waals surface area contributed by atoms with Gasteiger partial charge in [-0.25, -0.2) is 13.6 Å². The van der Waals surface area contributed by atoms with Crippen molar-refractivity contribution in [1.29, 1.82) is 0 Å². The number of cyclic esters (lactones) is 1. The Morgan fingerprint density at radius 3 is 2.58 bits per heavy atom. The van der Waals surface area contributed by atoms with Gasteiger partial charge >= 0.3 is 5.97 Å². The van der Waals surface area contributed by atoms with Crippen LogP contribution in [-0.2, 0) is 28.0 Å². The lowest BCUT2D eigenvalue weighted by Gasteiger charge is -2.37. The van der Waals surface area contributed by atoms with Crippen LogP contribution in [-0.4, -0.2) is 27.7 Å². The van der Waals surface area contributed by atoms with Crippen LogP contribution >= 0.6 is 0 Å². The number of phenolic OH excluding ortho intramolecular Hbond substituents is 1. The molecule has 0 spiro atoms. The number of halogens is 2.